The lowest BCUT2D eigenvalue weighted by Gasteiger charge is -2.43. The van der Waals surface area contributed by atoms with Gasteiger partial charge in [0.15, 0.2) is 5.96 Å². The van der Waals surface area contributed by atoms with Crippen LogP contribution in [0.25, 0.3) is 0 Å². The summed E-state index contributed by atoms with van der Waals surface area (Å²) in [6, 6.07) is 3.88. The molecule has 0 unspecified atom stereocenters. The summed E-state index contributed by atoms with van der Waals surface area (Å²) in [6.45, 7) is 7.00. The van der Waals surface area contributed by atoms with Crippen molar-refractivity contribution in [1.29, 1.82) is 0 Å². The topological polar surface area (TPSA) is 52.8 Å². The van der Waals surface area contributed by atoms with Crippen LogP contribution in [-0.2, 0) is 6.54 Å². The monoisotopic (exact) mass is 350 g/mol. The number of furan rings is 1. The van der Waals surface area contributed by atoms with Gasteiger partial charge in [-0.3, -0.25) is 4.90 Å². The molecule has 0 amide bonds. The third-order valence-electron chi connectivity index (χ3n) is 5.12. The van der Waals surface area contributed by atoms with Gasteiger partial charge in [0.25, 0.3) is 0 Å². The summed E-state index contributed by atoms with van der Waals surface area (Å²) in [7, 11) is 0. The number of guanidine groups is 1. The Hall–Kier alpha value is -1.14. The van der Waals surface area contributed by atoms with Crippen molar-refractivity contribution in [2.75, 3.05) is 37.7 Å². The van der Waals surface area contributed by atoms with Crippen LogP contribution >= 0.6 is 11.8 Å². The summed E-state index contributed by atoms with van der Waals surface area (Å²) in [6.07, 6.45) is 7.02. The summed E-state index contributed by atoms with van der Waals surface area (Å²) >= 11 is 2.09. The molecule has 5 nitrogen and oxygen atoms in total. The van der Waals surface area contributed by atoms with E-state index in [4.69, 9.17) is 4.42 Å². The van der Waals surface area contributed by atoms with Gasteiger partial charge >= 0.3 is 0 Å². The van der Waals surface area contributed by atoms with Gasteiger partial charge in [-0.15, -0.1) is 0 Å². The molecule has 1 saturated carbocycles. The predicted octanol–water partition coefficient (Wildman–Crippen LogP) is 2.70. The van der Waals surface area contributed by atoms with Gasteiger partial charge in [0.2, 0.25) is 0 Å². The zero-order valence-corrected chi connectivity index (χ0v) is 15.5. The second kappa shape index (κ2) is 8.81. The van der Waals surface area contributed by atoms with Gasteiger partial charge in [-0.05, 0) is 31.9 Å². The Morgan fingerprint density at radius 2 is 2.08 bits per heavy atom. The Bertz CT molecular complexity index is 505. The van der Waals surface area contributed by atoms with Crippen molar-refractivity contribution in [3.8, 4) is 0 Å². The van der Waals surface area contributed by atoms with Crippen molar-refractivity contribution >= 4 is 17.7 Å². The Balaban J connectivity index is 1.61. The summed E-state index contributed by atoms with van der Waals surface area (Å²) in [5.41, 5.74) is 0.321. The van der Waals surface area contributed by atoms with E-state index in [9.17, 15) is 0 Å². The van der Waals surface area contributed by atoms with Crippen LogP contribution in [0.4, 0.5) is 0 Å². The molecule has 2 aliphatic rings. The standard InChI is InChI=1S/C18H30N4OS/c1-2-19-17(20-14-16-6-5-11-23-16)21-15-18(7-3-4-8-18)22-9-12-24-13-10-22/h5-6,11H,2-4,7-10,12-15H2,1H3,(H2,19,20,21). The molecule has 0 atom stereocenters. The first-order chi connectivity index (χ1) is 11.8. The van der Waals surface area contributed by atoms with Gasteiger partial charge in [0, 0.05) is 43.2 Å². The minimum Gasteiger partial charge on any atom is -0.467 e. The first-order valence-electron chi connectivity index (χ1n) is 9.20. The summed E-state index contributed by atoms with van der Waals surface area (Å²) in [5, 5.41) is 6.98. The normalized spacial score (nSPS) is 21.8. The maximum Gasteiger partial charge on any atom is 0.191 e. The smallest absolute Gasteiger partial charge is 0.191 e. The highest BCUT2D eigenvalue weighted by Crippen LogP contribution is 2.36. The van der Waals surface area contributed by atoms with Crippen molar-refractivity contribution in [1.82, 2.24) is 15.5 Å². The lowest BCUT2D eigenvalue weighted by atomic mass is 9.94. The van der Waals surface area contributed by atoms with Gasteiger partial charge in [0.05, 0.1) is 6.26 Å². The SMILES string of the molecule is CCNC(=NCc1ccco1)NCC1(N2CCSCC2)CCCC1. The quantitative estimate of drug-likeness (QED) is 0.610. The Labute approximate surface area is 149 Å². The van der Waals surface area contributed by atoms with E-state index < -0.39 is 0 Å². The van der Waals surface area contributed by atoms with Crippen molar-refractivity contribution in [3.63, 3.8) is 0 Å². The predicted molar refractivity (Wildman–Crippen MR) is 102 cm³/mol. The molecular weight excluding hydrogens is 320 g/mol. The fourth-order valence-corrected chi connectivity index (χ4v) is 4.73. The van der Waals surface area contributed by atoms with Crippen molar-refractivity contribution in [2.24, 2.45) is 4.99 Å². The van der Waals surface area contributed by atoms with Crippen LogP contribution in [0.5, 0.6) is 0 Å². The van der Waals surface area contributed by atoms with E-state index in [1.54, 1.807) is 6.26 Å². The molecule has 6 heteroatoms. The Kier molecular flexibility index (Phi) is 6.49. The second-order valence-corrected chi connectivity index (χ2v) is 7.88. The Morgan fingerprint density at radius 3 is 2.75 bits per heavy atom. The van der Waals surface area contributed by atoms with Gasteiger partial charge in [-0.2, -0.15) is 11.8 Å². The highest BCUT2D eigenvalue weighted by Gasteiger charge is 2.39. The summed E-state index contributed by atoms with van der Waals surface area (Å²) < 4.78 is 5.38. The summed E-state index contributed by atoms with van der Waals surface area (Å²) in [5.74, 6) is 4.34. The van der Waals surface area contributed by atoms with E-state index in [0.717, 1.165) is 24.8 Å². The van der Waals surface area contributed by atoms with E-state index in [0.29, 0.717) is 12.1 Å². The van der Waals surface area contributed by atoms with Gasteiger partial charge in [-0.25, -0.2) is 4.99 Å². The first kappa shape index (κ1) is 17.7. The summed E-state index contributed by atoms with van der Waals surface area (Å²) in [4.78, 5) is 7.41. The number of nitrogens with one attached hydrogen (secondary N) is 2. The molecule has 1 aromatic heterocycles. The van der Waals surface area contributed by atoms with Crippen LogP contribution in [0, 0.1) is 0 Å². The van der Waals surface area contributed by atoms with Crippen LogP contribution in [0.15, 0.2) is 27.8 Å². The zero-order chi connectivity index (χ0) is 16.7. The molecule has 1 saturated heterocycles. The van der Waals surface area contributed by atoms with Crippen molar-refractivity contribution < 1.29 is 4.42 Å². The maximum absolute atomic E-state index is 5.38. The molecule has 1 aliphatic heterocycles. The molecule has 2 heterocycles. The highest BCUT2D eigenvalue weighted by molar-refractivity contribution is 7.99. The second-order valence-electron chi connectivity index (χ2n) is 6.66. The lowest BCUT2D eigenvalue weighted by molar-refractivity contribution is 0.107. The van der Waals surface area contributed by atoms with Crippen LogP contribution in [0.1, 0.15) is 38.4 Å². The van der Waals surface area contributed by atoms with E-state index in [1.807, 2.05) is 12.1 Å². The van der Waals surface area contributed by atoms with Crippen LogP contribution in [-0.4, -0.2) is 54.1 Å². The van der Waals surface area contributed by atoms with Crippen LogP contribution in [0.2, 0.25) is 0 Å². The average Bonchev–Trinajstić information content (AvgIpc) is 3.31. The zero-order valence-electron chi connectivity index (χ0n) is 14.7. The molecule has 24 heavy (non-hydrogen) atoms. The van der Waals surface area contributed by atoms with Gasteiger partial charge in [-0.1, -0.05) is 12.8 Å². The van der Waals surface area contributed by atoms with Gasteiger partial charge in [0.1, 0.15) is 12.3 Å². The molecular formula is C18H30N4OS. The third-order valence-corrected chi connectivity index (χ3v) is 6.06. The first-order valence-corrected chi connectivity index (χ1v) is 10.4. The van der Waals surface area contributed by atoms with Crippen LogP contribution in [0.3, 0.4) is 0 Å². The molecule has 1 aromatic rings. The third kappa shape index (κ3) is 4.48. The van der Waals surface area contributed by atoms with E-state index >= 15 is 0 Å². The minimum atomic E-state index is 0.321. The lowest BCUT2D eigenvalue weighted by Crippen LogP contribution is -2.57. The number of nitrogens with zero attached hydrogens (tertiary/aromatic N) is 2. The van der Waals surface area contributed by atoms with Gasteiger partial charge < -0.3 is 15.1 Å². The number of aliphatic imine (C=N–C) groups is 1. The Morgan fingerprint density at radius 1 is 1.29 bits per heavy atom. The fourth-order valence-electron chi connectivity index (χ4n) is 3.83. The largest absolute Gasteiger partial charge is 0.467 e. The molecule has 0 aromatic carbocycles. The molecule has 134 valence electrons. The van der Waals surface area contributed by atoms with E-state index in [1.165, 1.54) is 50.3 Å². The molecule has 0 spiro atoms. The molecule has 0 radical (unpaired) electrons. The number of hydrogen-bond donors (Lipinski definition) is 2. The highest BCUT2D eigenvalue weighted by atomic mass is 32.2. The minimum absolute atomic E-state index is 0.321. The number of rotatable bonds is 6. The molecule has 2 N–H and O–H groups in total. The van der Waals surface area contributed by atoms with E-state index in [-0.39, 0.29) is 0 Å². The molecule has 2 fully saturated rings. The fraction of sp³-hybridized carbons (Fsp3) is 0.722. The number of thioether (sulfide) groups is 1. The molecule has 3 rings (SSSR count). The molecule has 0 bridgehead atoms. The average molecular weight is 351 g/mol. The molecule has 1 aliphatic carbocycles. The van der Waals surface area contributed by atoms with Crippen molar-refractivity contribution in [2.45, 2.75) is 44.7 Å². The van der Waals surface area contributed by atoms with Crippen LogP contribution < -0.4 is 10.6 Å². The van der Waals surface area contributed by atoms with Crippen molar-refractivity contribution in [3.05, 3.63) is 24.2 Å². The van der Waals surface area contributed by atoms with E-state index in [2.05, 4.69) is 39.2 Å². The number of hydrogen-bond acceptors (Lipinski definition) is 4. The maximum atomic E-state index is 5.38.